The quantitative estimate of drug-likeness (QED) is 0.211. The Morgan fingerprint density at radius 3 is 2.45 bits per heavy atom. The molecule has 0 fully saturated rings. The van der Waals surface area contributed by atoms with E-state index in [0.717, 1.165) is 5.75 Å². The molecular weight excluding hydrogens is 400 g/mol. The normalized spacial score (nSPS) is 10.6. The van der Waals surface area contributed by atoms with Crippen molar-refractivity contribution in [3.8, 4) is 28.7 Å². The van der Waals surface area contributed by atoms with Crippen LogP contribution in [0.4, 0.5) is 0 Å². The molecule has 3 aromatic rings. The van der Waals surface area contributed by atoms with Crippen molar-refractivity contribution in [2.45, 2.75) is 0 Å². The van der Waals surface area contributed by atoms with E-state index >= 15 is 0 Å². The average Bonchev–Trinajstić information content (AvgIpc) is 2.79. The monoisotopic (exact) mass is 422 g/mol. The largest absolute Gasteiger partial charge is 0.504 e. The van der Waals surface area contributed by atoms with Crippen LogP contribution in [-0.4, -0.2) is 42.7 Å². The van der Waals surface area contributed by atoms with E-state index < -0.39 is 5.91 Å². The highest BCUT2D eigenvalue weighted by Gasteiger charge is 2.12. The number of hydrogen-bond donors (Lipinski definition) is 3. The van der Waals surface area contributed by atoms with Crippen LogP contribution in [-0.2, 0) is 0 Å². The Hall–Kier alpha value is -4.20. The Morgan fingerprint density at radius 2 is 1.68 bits per heavy atom. The number of amides is 1. The summed E-state index contributed by atoms with van der Waals surface area (Å²) in [5.41, 5.74) is 3.15. The molecule has 1 amide bonds. The number of hydrogen-bond acceptors (Lipinski definition) is 7. The van der Waals surface area contributed by atoms with E-state index in [1.807, 2.05) is 30.3 Å². The maximum absolute atomic E-state index is 12.5. The van der Waals surface area contributed by atoms with Gasteiger partial charge in [-0.25, -0.2) is 5.43 Å². The van der Waals surface area contributed by atoms with Gasteiger partial charge in [0.15, 0.2) is 11.5 Å². The first-order valence-electron chi connectivity index (χ1n) is 9.41. The molecule has 0 heterocycles. The van der Waals surface area contributed by atoms with Gasteiger partial charge in [0.2, 0.25) is 5.75 Å². The predicted octanol–water partition coefficient (Wildman–Crippen LogP) is 3.33. The molecule has 0 unspecified atom stereocenters. The molecule has 0 aliphatic carbocycles. The van der Waals surface area contributed by atoms with Gasteiger partial charge in [-0.05, 0) is 36.4 Å². The topological polar surface area (TPSA) is 110 Å². The third kappa shape index (κ3) is 5.89. The Bertz CT molecular complexity index is 1050. The molecule has 0 atom stereocenters. The molecule has 0 saturated heterocycles. The fourth-order valence-electron chi connectivity index (χ4n) is 2.68. The Labute approximate surface area is 179 Å². The Kier molecular flexibility index (Phi) is 7.31. The van der Waals surface area contributed by atoms with Crippen molar-refractivity contribution in [3.05, 3.63) is 77.9 Å². The first kappa shape index (κ1) is 21.5. The lowest BCUT2D eigenvalue weighted by Gasteiger charge is -2.11. The number of aromatic hydroxyl groups is 2. The van der Waals surface area contributed by atoms with Crippen molar-refractivity contribution >= 4 is 12.1 Å². The molecule has 0 aliphatic heterocycles. The van der Waals surface area contributed by atoms with Gasteiger partial charge in [-0.1, -0.05) is 30.3 Å². The van der Waals surface area contributed by atoms with Gasteiger partial charge in [-0.3, -0.25) is 4.79 Å². The van der Waals surface area contributed by atoms with Crippen LogP contribution in [0.1, 0.15) is 15.9 Å². The zero-order chi connectivity index (χ0) is 22.1. The lowest BCUT2D eigenvalue weighted by Crippen LogP contribution is -2.19. The maximum atomic E-state index is 12.5. The predicted molar refractivity (Wildman–Crippen MR) is 115 cm³/mol. The number of para-hydroxylation sites is 2. The highest BCUT2D eigenvalue weighted by molar-refractivity contribution is 5.97. The van der Waals surface area contributed by atoms with Gasteiger partial charge in [-0.15, -0.1) is 0 Å². The van der Waals surface area contributed by atoms with Crippen molar-refractivity contribution in [1.82, 2.24) is 5.43 Å². The SMILES string of the molecule is COc1cc(/C=N/NC(=O)c2ccccc2OCCOc2ccccc2)cc(O)c1O. The van der Waals surface area contributed by atoms with Crippen LogP contribution in [0.5, 0.6) is 28.7 Å². The average molecular weight is 422 g/mol. The second-order valence-electron chi connectivity index (χ2n) is 6.30. The molecule has 160 valence electrons. The summed E-state index contributed by atoms with van der Waals surface area (Å²) in [6.45, 7) is 0.583. The zero-order valence-corrected chi connectivity index (χ0v) is 16.8. The first-order valence-corrected chi connectivity index (χ1v) is 9.41. The minimum atomic E-state index is -0.467. The number of nitrogens with one attached hydrogen (secondary N) is 1. The van der Waals surface area contributed by atoms with Crippen molar-refractivity contribution in [3.63, 3.8) is 0 Å². The number of nitrogens with zero attached hydrogens (tertiary/aromatic N) is 1. The summed E-state index contributed by atoms with van der Waals surface area (Å²) in [6, 6.07) is 18.9. The molecule has 3 rings (SSSR count). The summed E-state index contributed by atoms with van der Waals surface area (Å²) in [5.74, 6) is 0.0313. The fraction of sp³-hybridized carbons (Fsp3) is 0.130. The number of phenols is 2. The van der Waals surface area contributed by atoms with Gasteiger partial charge in [0.1, 0.15) is 24.7 Å². The summed E-state index contributed by atoms with van der Waals surface area (Å²) in [6.07, 6.45) is 1.32. The van der Waals surface area contributed by atoms with E-state index in [1.54, 1.807) is 24.3 Å². The zero-order valence-electron chi connectivity index (χ0n) is 16.8. The minimum absolute atomic E-state index is 0.0873. The van der Waals surface area contributed by atoms with E-state index in [2.05, 4.69) is 10.5 Å². The number of carbonyl (C=O) groups is 1. The van der Waals surface area contributed by atoms with Gasteiger partial charge in [0.05, 0.1) is 18.9 Å². The summed E-state index contributed by atoms with van der Waals surface area (Å²) in [4.78, 5) is 12.5. The minimum Gasteiger partial charge on any atom is -0.504 e. The van der Waals surface area contributed by atoms with E-state index in [9.17, 15) is 15.0 Å². The standard InChI is InChI=1S/C23H22N2O6/c1-29-21-14-16(13-19(26)22(21)27)15-24-25-23(28)18-9-5-6-10-20(18)31-12-11-30-17-7-3-2-4-8-17/h2-10,13-15,26-27H,11-12H2,1H3,(H,25,28)/b24-15+. The summed E-state index contributed by atoms with van der Waals surface area (Å²) >= 11 is 0. The van der Waals surface area contributed by atoms with Crippen LogP contribution in [0, 0.1) is 0 Å². The Morgan fingerprint density at radius 1 is 0.968 bits per heavy atom. The van der Waals surface area contributed by atoms with Crippen LogP contribution in [0.15, 0.2) is 71.8 Å². The smallest absolute Gasteiger partial charge is 0.275 e. The summed E-state index contributed by atoms with van der Waals surface area (Å²) in [7, 11) is 1.36. The van der Waals surface area contributed by atoms with E-state index in [-0.39, 0.29) is 23.9 Å². The van der Waals surface area contributed by atoms with Gasteiger partial charge in [0, 0.05) is 5.56 Å². The number of phenolic OH excluding ortho intramolecular Hbond substituents is 2. The molecule has 0 spiro atoms. The molecule has 0 saturated carbocycles. The van der Waals surface area contributed by atoms with Crippen molar-refractivity contribution in [2.75, 3.05) is 20.3 Å². The van der Waals surface area contributed by atoms with Crippen molar-refractivity contribution < 1.29 is 29.2 Å². The van der Waals surface area contributed by atoms with Crippen LogP contribution in [0.3, 0.4) is 0 Å². The summed E-state index contributed by atoms with van der Waals surface area (Å²) < 4.78 is 16.2. The van der Waals surface area contributed by atoms with E-state index in [1.165, 1.54) is 25.5 Å². The number of methoxy groups -OCH3 is 1. The lowest BCUT2D eigenvalue weighted by molar-refractivity contribution is 0.0950. The van der Waals surface area contributed by atoms with Gasteiger partial charge < -0.3 is 24.4 Å². The highest BCUT2D eigenvalue weighted by atomic mass is 16.5. The molecule has 3 aromatic carbocycles. The Balaban J connectivity index is 1.58. The van der Waals surface area contributed by atoms with Gasteiger partial charge >= 0.3 is 0 Å². The second kappa shape index (κ2) is 10.5. The molecule has 3 N–H and O–H groups in total. The first-order chi connectivity index (χ1) is 15.1. The molecule has 0 aliphatic rings. The molecule has 0 radical (unpaired) electrons. The van der Waals surface area contributed by atoms with Crippen LogP contribution >= 0.6 is 0 Å². The van der Waals surface area contributed by atoms with Crippen molar-refractivity contribution in [2.24, 2.45) is 5.10 Å². The summed E-state index contributed by atoms with van der Waals surface area (Å²) in [5, 5.41) is 23.2. The molecule has 31 heavy (non-hydrogen) atoms. The third-order valence-electron chi connectivity index (χ3n) is 4.16. The number of ether oxygens (including phenoxy) is 3. The van der Waals surface area contributed by atoms with Crippen LogP contribution in [0.2, 0.25) is 0 Å². The van der Waals surface area contributed by atoms with Gasteiger partial charge in [0.25, 0.3) is 5.91 Å². The number of hydrazone groups is 1. The second-order valence-corrected chi connectivity index (χ2v) is 6.30. The number of carbonyl (C=O) groups excluding carboxylic acids is 1. The fourth-order valence-corrected chi connectivity index (χ4v) is 2.68. The van der Waals surface area contributed by atoms with E-state index in [4.69, 9.17) is 14.2 Å². The lowest BCUT2D eigenvalue weighted by atomic mass is 10.2. The number of rotatable bonds is 9. The third-order valence-corrected chi connectivity index (χ3v) is 4.16. The maximum Gasteiger partial charge on any atom is 0.275 e. The molecular formula is C23H22N2O6. The molecule has 8 heteroatoms. The molecule has 0 aromatic heterocycles. The molecule has 8 nitrogen and oxygen atoms in total. The van der Waals surface area contributed by atoms with Gasteiger partial charge in [-0.2, -0.15) is 5.10 Å². The van der Waals surface area contributed by atoms with Crippen molar-refractivity contribution in [1.29, 1.82) is 0 Å². The molecule has 0 bridgehead atoms. The van der Waals surface area contributed by atoms with E-state index in [0.29, 0.717) is 23.5 Å². The highest BCUT2D eigenvalue weighted by Crippen LogP contribution is 2.35. The van der Waals surface area contributed by atoms with Crippen LogP contribution < -0.4 is 19.6 Å². The van der Waals surface area contributed by atoms with Crippen LogP contribution in [0.25, 0.3) is 0 Å². The number of benzene rings is 3.